The van der Waals surface area contributed by atoms with Gasteiger partial charge in [-0.2, -0.15) is 0 Å². The first-order chi connectivity index (χ1) is 16.5. The first-order valence-corrected chi connectivity index (χ1v) is 12.2. The predicted molar refractivity (Wildman–Crippen MR) is 132 cm³/mol. The normalized spacial score (nSPS) is 20.8. The molecule has 7 nitrogen and oxygen atoms in total. The number of ketones is 1. The Morgan fingerprint density at radius 1 is 1.00 bits per heavy atom. The van der Waals surface area contributed by atoms with Gasteiger partial charge in [-0.25, -0.2) is 4.98 Å². The molecule has 5 rings (SSSR count). The van der Waals surface area contributed by atoms with Crippen molar-refractivity contribution in [2.75, 3.05) is 19.1 Å². The molecule has 2 aliphatic rings. The number of rotatable bonds is 5. The molecule has 3 aromatic rings. The standard InChI is InChI=1S/C26H26N2O5S/c1-32-17-10-8-16(9-11-17)23(29)21-22(15-6-4-3-5-7-15)28(25(31)24(21)30)26-27-19-14-18(33-2)12-13-20(19)34-26/h8-15,22,29H,3-7H2,1-2H3/b23-21-. The van der Waals surface area contributed by atoms with E-state index >= 15 is 0 Å². The van der Waals surface area contributed by atoms with Crippen LogP contribution in [-0.4, -0.2) is 42.0 Å². The molecule has 8 heteroatoms. The van der Waals surface area contributed by atoms with Gasteiger partial charge in [-0.1, -0.05) is 30.6 Å². The number of carbonyl (C=O) groups is 2. The molecule has 2 aromatic carbocycles. The summed E-state index contributed by atoms with van der Waals surface area (Å²) < 4.78 is 11.4. The molecule has 1 aromatic heterocycles. The molecule has 0 bridgehead atoms. The fourth-order valence-corrected chi connectivity index (χ4v) is 5.97. The van der Waals surface area contributed by atoms with Crippen LogP contribution in [0, 0.1) is 5.92 Å². The van der Waals surface area contributed by atoms with E-state index < -0.39 is 17.7 Å². The third kappa shape index (κ3) is 3.81. The van der Waals surface area contributed by atoms with Crippen molar-refractivity contribution in [1.82, 2.24) is 4.98 Å². The molecule has 1 unspecified atom stereocenters. The quantitative estimate of drug-likeness (QED) is 0.310. The Bertz CT molecular complexity index is 1270. The van der Waals surface area contributed by atoms with E-state index in [1.807, 2.05) is 18.2 Å². The van der Waals surface area contributed by atoms with Gasteiger partial charge in [-0.05, 0) is 55.2 Å². The van der Waals surface area contributed by atoms with Crippen LogP contribution in [0.15, 0.2) is 48.0 Å². The molecule has 1 atom stereocenters. The number of fused-ring (bicyclic) bond motifs is 1. The van der Waals surface area contributed by atoms with Crippen LogP contribution in [0.1, 0.15) is 37.7 Å². The van der Waals surface area contributed by atoms with Crippen LogP contribution in [0.2, 0.25) is 0 Å². The van der Waals surface area contributed by atoms with Gasteiger partial charge in [0.25, 0.3) is 5.78 Å². The van der Waals surface area contributed by atoms with Crippen LogP contribution in [0.5, 0.6) is 11.5 Å². The Labute approximate surface area is 201 Å². The van der Waals surface area contributed by atoms with Crippen LogP contribution < -0.4 is 14.4 Å². The number of anilines is 1. The summed E-state index contributed by atoms with van der Waals surface area (Å²) in [5.41, 5.74) is 1.35. The lowest BCUT2D eigenvalue weighted by Crippen LogP contribution is -2.40. The largest absolute Gasteiger partial charge is 0.507 e. The van der Waals surface area contributed by atoms with Crippen molar-refractivity contribution in [3.05, 3.63) is 53.6 Å². The van der Waals surface area contributed by atoms with Crippen LogP contribution in [-0.2, 0) is 9.59 Å². The first-order valence-electron chi connectivity index (χ1n) is 11.4. The zero-order valence-electron chi connectivity index (χ0n) is 19.1. The summed E-state index contributed by atoms with van der Waals surface area (Å²) in [6, 6.07) is 11.9. The van der Waals surface area contributed by atoms with Crippen molar-refractivity contribution < 1.29 is 24.2 Å². The van der Waals surface area contributed by atoms with Gasteiger partial charge >= 0.3 is 5.91 Å². The fourth-order valence-electron chi connectivity index (χ4n) is 4.99. The van der Waals surface area contributed by atoms with Crippen LogP contribution in [0.4, 0.5) is 5.13 Å². The highest BCUT2D eigenvalue weighted by Crippen LogP contribution is 2.43. The van der Waals surface area contributed by atoms with E-state index in [0.29, 0.717) is 27.7 Å². The van der Waals surface area contributed by atoms with Crippen molar-refractivity contribution in [3.8, 4) is 11.5 Å². The Balaban J connectivity index is 1.63. The third-order valence-electron chi connectivity index (χ3n) is 6.74. The molecule has 1 saturated heterocycles. The van der Waals surface area contributed by atoms with Gasteiger partial charge in [0.1, 0.15) is 17.3 Å². The van der Waals surface area contributed by atoms with Crippen LogP contribution in [0.3, 0.4) is 0 Å². The summed E-state index contributed by atoms with van der Waals surface area (Å²) in [5, 5.41) is 11.7. The van der Waals surface area contributed by atoms with Gasteiger partial charge in [0.05, 0.1) is 36.1 Å². The number of Topliss-reactive ketones (excluding diaryl/α,β-unsaturated/α-hetero) is 1. The number of methoxy groups -OCH3 is 2. The zero-order valence-corrected chi connectivity index (χ0v) is 19.9. The summed E-state index contributed by atoms with van der Waals surface area (Å²) in [6.45, 7) is 0. The van der Waals surface area contributed by atoms with Gasteiger partial charge in [-0.3, -0.25) is 14.5 Å². The highest BCUT2D eigenvalue weighted by molar-refractivity contribution is 7.22. The van der Waals surface area contributed by atoms with E-state index in [1.54, 1.807) is 38.5 Å². The maximum atomic E-state index is 13.4. The lowest BCUT2D eigenvalue weighted by molar-refractivity contribution is -0.132. The number of amides is 1. The Morgan fingerprint density at radius 2 is 1.68 bits per heavy atom. The van der Waals surface area contributed by atoms with Crippen LogP contribution in [0.25, 0.3) is 16.0 Å². The van der Waals surface area contributed by atoms with Gasteiger partial charge < -0.3 is 14.6 Å². The molecule has 34 heavy (non-hydrogen) atoms. The Hall–Kier alpha value is -3.39. The monoisotopic (exact) mass is 478 g/mol. The van der Waals surface area contributed by atoms with E-state index in [4.69, 9.17) is 14.5 Å². The van der Waals surface area contributed by atoms with E-state index in [9.17, 15) is 14.7 Å². The first kappa shape index (κ1) is 22.4. The van der Waals surface area contributed by atoms with Gasteiger partial charge in [-0.15, -0.1) is 0 Å². The SMILES string of the molecule is COc1ccc(/C(O)=C2/C(=O)C(=O)N(c3nc4cc(OC)ccc4s3)C2C2CCCCC2)cc1. The maximum absolute atomic E-state index is 13.4. The van der Waals surface area contributed by atoms with Crippen molar-refractivity contribution in [1.29, 1.82) is 0 Å². The molecule has 0 spiro atoms. The van der Waals surface area contributed by atoms with Gasteiger partial charge in [0.15, 0.2) is 5.13 Å². The van der Waals surface area contributed by atoms with Crippen molar-refractivity contribution in [2.24, 2.45) is 5.92 Å². The minimum atomic E-state index is -0.666. The summed E-state index contributed by atoms with van der Waals surface area (Å²) in [6.07, 6.45) is 4.98. The average Bonchev–Trinajstić information content (AvgIpc) is 3.41. The molecular formula is C26H26N2O5S. The summed E-state index contributed by atoms with van der Waals surface area (Å²) in [4.78, 5) is 32.9. The zero-order chi connectivity index (χ0) is 23.8. The second kappa shape index (κ2) is 9.10. The summed E-state index contributed by atoms with van der Waals surface area (Å²) >= 11 is 1.37. The van der Waals surface area contributed by atoms with Crippen molar-refractivity contribution in [3.63, 3.8) is 0 Å². The second-order valence-corrected chi connectivity index (χ2v) is 9.68. The number of aromatic nitrogens is 1. The summed E-state index contributed by atoms with van der Waals surface area (Å²) in [5.74, 6) is -0.0687. The van der Waals surface area contributed by atoms with E-state index in [-0.39, 0.29) is 17.3 Å². The minimum absolute atomic E-state index is 0.0705. The lowest BCUT2D eigenvalue weighted by Gasteiger charge is -2.32. The number of ether oxygens (including phenoxy) is 2. The minimum Gasteiger partial charge on any atom is -0.507 e. The number of hydrogen-bond acceptors (Lipinski definition) is 7. The van der Waals surface area contributed by atoms with E-state index in [0.717, 1.165) is 36.8 Å². The topological polar surface area (TPSA) is 89.0 Å². The van der Waals surface area contributed by atoms with Crippen molar-refractivity contribution >= 4 is 44.1 Å². The Kier molecular flexibility index (Phi) is 6.00. The fraction of sp³-hybridized carbons (Fsp3) is 0.346. The highest BCUT2D eigenvalue weighted by Gasteiger charge is 2.50. The van der Waals surface area contributed by atoms with Crippen molar-refractivity contribution in [2.45, 2.75) is 38.1 Å². The number of benzene rings is 2. The maximum Gasteiger partial charge on any atom is 0.301 e. The van der Waals surface area contributed by atoms with E-state index in [1.165, 1.54) is 16.2 Å². The molecular weight excluding hydrogens is 452 g/mol. The molecule has 1 aliphatic heterocycles. The van der Waals surface area contributed by atoms with E-state index in [2.05, 4.69) is 0 Å². The molecule has 1 saturated carbocycles. The number of thiazole rings is 1. The van der Waals surface area contributed by atoms with Gasteiger partial charge in [0.2, 0.25) is 0 Å². The predicted octanol–water partition coefficient (Wildman–Crippen LogP) is 5.15. The third-order valence-corrected chi connectivity index (χ3v) is 7.77. The number of hydrogen-bond donors (Lipinski definition) is 1. The number of aliphatic hydroxyl groups excluding tert-OH is 1. The lowest BCUT2D eigenvalue weighted by atomic mass is 9.80. The molecule has 1 N–H and O–H groups in total. The summed E-state index contributed by atoms with van der Waals surface area (Å²) in [7, 11) is 3.16. The smallest absolute Gasteiger partial charge is 0.301 e. The number of carbonyl (C=O) groups excluding carboxylic acids is 2. The van der Waals surface area contributed by atoms with Gasteiger partial charge in [0, 0.05) is 11.6 Å². The highest BCUT2D eigenvalue weighted by atomic mass is 32.1. The van der Waals surface area contributed by atoms with Crippen LogP contribution >= 0.6 is 11.3 Å². The molecule has 1 aliphatic carbocycles. The number of nitrogens with zero attached hydrogens (tertiary/aromatic N) is 2. The Morgan fingerprint density at radius 3 is 2.35 bits per heavy atom. The molecule has 176 valence electrons. The molecule has 2 fully saturated rings. The molecule has 1 amide bonds. The molecule has 2 heterocycles. The number of aliphatic hydroxyl groups is 1. The second-order valence-electron chi connectivity index (χ2n) is 8.67. The molecule has 0 radical (unpaired) electrons. The average molecular weight is 479 g/mol.